The second kappa shape index (κ2) is 10.7. The Morgan fingerprint density at radius 3 is 2.45 bits per heavy atom. The molecule has 0 aromatic heterocycles. The van der Waals surface area contributed by atoms with Crippen molar-refractivity contribution in [1.29, 1.82) is 0 Å². The summed E-state index contributed by atoms with van der Waals surface area (Å²) in [5.74, 6) is 1.03. The quantitative estimate of drug-likeness (QED) is 0.521. The third kappa shape index (κ3) is 8.40. The van der Waals surface area contributed by atoms with Gasteiger partial charge in [0.1, 0.15) is 0 Å². The monoisotopic (exact) mass is 474 g/mol. The minimum Gasteiger partial charge on any atom is -0.447 e. The van der Waals surface area contributed by atoms with Crippen LogP contribution in [0.1, 0.15) is 66.7 Å². The Labute approximate surface area is 191 Å². The highest BCUT2D eigenvalue weighted by atomic mass is 32.2. The maximum absolute atomic E-state index is 12.6. The van der Waals surface area contributed by atoms with Gasteiger partial charge in [0.05, 0.1) is 22.1 Å². The Kier molecular flexibility index (Phi) is 9.01. The molecule has 1 saturated carbocycles. The average molecular weight is 475 g/mol. The molecule has 31 heavy (non-hydrogen) atoms. The first-order valence-electron chi connectivity index (χ1n) is 10.9. The molecule has 1 aliphatic heterocycles. The van der Waals surface area contributed by atoms with Crippen molar-refractivity contribution in [3.05, 3.63) is 11.5 Å². The number of amides is 1. The van der Waals surface area contributed by atoms with Crippen molar-refractivity contribution >= 4 is 32.9 Å². The van der Waals surface area contributed by atoms with E-state index in [1.165, 1.54) is 0 Å². The van der Waals surface area contributed by atoms with Gasteiger partial charge >= 0.3 is 6.09 Å². The van der Waals surface area contributed by atoms with Crippen molar-refractivity contribution in [3.8, 4) is 0 Å². The van der Waals surface area contributed by atoms with E-state index in [4.69, 9.17) is 15.5 Å². The Balaban J connectivity index is 1.95. The molecule has 1 aliphatic carbocycles. The molecule has 0 aromatic rings. The van der Waals surface area contributed by atoms with Gasteiger partial charge in [0.2, 0.25) is 10.0 Å². The zero-order valence-corrected chi connectivity index (χ0v) is 20.9. The number of aliphatic imine (C=N–C) groups is 1. The van der Waals surface area contributed by atoms with Crippen LogP contribution in [0.3, 0.4) is 0 Å². The lowest BCUT2D eigenvalue weighted by molar-refractivity contribution is 0.109. The maximum Gasteiger partial charge on any atom is 0.407 e. The fourth-order valence-corrected chi connectivity index (χ4v) is 6.33. The summed E-state index contributed by atoms with van der Waals surface area (Å²) in [6, 6.07) is -0.389. The van der Waals surface area contributed by atoms with Crippen molar-refractivity contribution in [2.75, 3.05) is 5.75 Å². The van der Waals surface area contributed by atoms with Crippen LogP contribution in [0.15, 0.2) is 16.5 Å². The molecule has 0 bridgehead atoms. The van der Waals surface area contributed by atoms with E-state index in [0.717, 1.165) is 30.7 Å². The summed E-state index contributed by atoms with van der Waals surface area (Å²) in [4.78, 5) is 16.8. The lowest BCUT2D eigenvalue weighted by Crippen LogP contribution is -2.44. The summed E-state index contributed by atoms with van der Waals surface area (Å²) < 4.78 is 32.9. The van der Waals surface area contributed by atoms with Gasteiger partial charge in [0.15, 0.2) is 0 Å². The van der Waals surface area contributed by atoms with Crippen LogP contribution in [0.2, 0.25) is 0 Å². The molecule has 10 heteroatoms. The van der Waals surface area contributed by atoms with Crippen molar-refractivity contribution in [2.45, 2.75) is 96.5 Å². The molecular formula is C21H38N4O4S2. The number of rotatable bonds is 7. The minimum atomic E-state index is -3.64. The summed E-state index contributed by atoms with van der Waals surface area (Å²) >= 11 is 1.67. The summed E-state index contributed by atoms with van der Waals surface area (Å²) in [6.07, 6.45) is 3.29. The number of hydrogen-bond donors (Lipinski definition) is 3. The average Bonchev–Trinajstić information content (AvgIpc) is 2.61. The fourth-order valence-electron chi connectivity index (χ4n) is 3.73. The molecule has 2 rings (SSSR count). The molecule has 2 atom stereocenters. The predicted molar refractivity (Wildman–Crippen MR) is 128 cm³/mol. The highest BCUT2D eigenvalue weighted by Gasteiger charge is 2.33. The minimum absolute atomic E-state index is 0.114. The van der Waals surface area contributed by atoms with E-state index in [1.807, 2.05) is 13.8 Å². The van der Waals surface area contributed by atoms with Crippen molar-refractivity contribution in [2.24, 2.45) is 16.6 Å². The topological polar surface area (TPSA) is 123 Å². The zero-order valence-electron chi connectivity index (χ0n) is 19.3. The zero-order chi connectivity index (χ0) is 23.4. The number of ether oxygens (including phenoxy) is 1. The molecule has 178 valence electrons. The van der Waals surface area contributed by atoms with E-state index in [0.29, 0.717) is 11.7 Å². The van der Waals surface area contributed by atoms with Crippen molar-refractivity contribution in [3.63, 3.8) is 0 Å². The Morgan fingerprint density at radius 2 is 1.90 bits per heavy atom. The molecule has 0 spiro atoms. The van der Waals surface area contributed by atoms with E-state index >= 15 is 0 Å². The van der Waals surface area contributed by atoms with E-state index in [1.54, 1.807) is 32.5 Å². The Morgan fingerprint density at radius 1 is 1.29 bits per heavy atom. The summed E-state index contributed by atoms with van der Waals surface area (Å²) in [6.45, 7) is 12.8. The predicted octanol–water partition coefficient (Wildman–Crippen LogP) is 3.14. The second-order valence-corrected chi connectivity index (χ2v) is 12.6. The number of alkyl carbamates (subject to hydrolysis) is 1. The highest BCUT2D eigenvalue weighted by Crippen LogP contribution is 2.33. The van der Waals surface area contributed by atoms with Crippen molar-refractivity contribution in [1.82, 2.24) is 10.0 Å². The molecule has 0 radical (unpaired) electrons. The molecule has 2 aliphatic rings. The molecular weight excluding hydrogens is 436 g/mol. The maximum atomic E-state index is 12.6. The van der Waals surface area contributed by atoms with Gasteiger partial charge < -0.3 is 15.8 Å². The van der Waals surface area contributed by atoms with Crippen LogP contribution in [0.4, 0.5) is 4.79 Å². The van der Waals surface area contributed by atoms with Gasteiger partial charge in [-0.2, -0.15) is 0 Å². The van der Waals surface area contributed by atoms with Gasteiger partial charge in [0.25, 0.3) is 0 Å². The molecule has 1 unspecified atom stereocenters. The highest BCUT2D eigenvalue weighted by molar-refractivity contribution is 8.14. The summed E-state index contributed by atoms with van der Waals surface area (Å²) in [7, 11) is -3.64. The third-order valence-electron chi connectivity index (χ3n) is 5.21. The molecule has 0 saturated heterocycles. The summed E-state index contributed by atoms with van der Waals surface area (Å²) in [5.41, 5.74) is 5.69. The van der Waals surface area contributed by atoms with Crippen LogP contribution >= 0.6 is 11.8 Å². The fraction of sp³-hybridized carbons (Fsp3) is 0.810. The standard InChI is InChI=1S/C21H38N4O4S2/c1-13(2)29-20(26)23-16-9-7-15(8-10-16)19-24-18(17(22)12-30-19)11-14(3)31(27,28)25-21(4,5)6/h13,15-18,25H,3,7-12,22H2,1-2,4-6H3,(H,23,26)/t15?,16?,17?,18-/m1/s1. The molecule has 4 N–H and O–H groups in total. The number of carbonyl (C=O) groups excluding carboxylic acids is 1. The van der Waals surface area contributed by atoms with Gasteiger partial charge in [0, 0.05) is 35.7 Å². The molecule has 0 aromatic carbocycles. The number of nitrogens with zero attached hydrogens (tertiary/aromatic N) is 1. The smallest absolute Gasteiger partial charge is 0.407 e. The number of nitrogens with two attached hydrogens (primary N) is 1. The van der Waals surface area contributed by atoms with Gasteiger partial charge in [-0.15, -0.1) is 11.8 Å². The first kappa shape index (κ1) is 26.2. The van der Waals surface area contributed by atoms with Crippen LogP contribution in [0.5, 0.6) is 0 Å². The number of sulfonamides is 1. The van der Waals surface area contributed by atoms with Gasteiger partial charge in [-0.3, -0.25) is 4.99 Å². The van der Waals surface area contributed by atoms with Crippen LogP contribution < -0.4 is 15.8 Å². The van der Waals surface area contributed by atoms with E-state index in [-0.39, 0.29) is 41.6 Å². The SMILES string of the molecule is C=C(C[C@H]1N=C(C2CCC(NC(=O)OC(C)C)CC2)SCC1N)S(=O)(=O)NC(C)(C)C. The first-order valence-corrected chi connectivity index (χ1v) is 13.4. The number of hydrogen-bond acceptors (Lipinski definition) is 7. The lowest BCUT2D eigenvalue weighted by Gasteiger charge is -2.34. The molecule has 1 heterocycles. The van der Waals surface area contributed by atoms with Gasteiger partial charge in [-0.25, -0.2) is 17.9 Å². The molecule has 8 nitrogen and oxygen atoms in total. The van der Waals surface area contributed by atoms with Crippen LogP contribution in [0.25, 0.3) is 0 Å². The van der Waals surface area contributed by atoms with E-state index in [2.05, 4.69) is 16.6 Å². The lowest BCUT2D eigenvalue weighted by atomic mass is 9.86. The number of carbonyl (C=O) groups is 1. The van der Waals surface area contributed by atoms with Gasteiger partial charge in [-0.1, -0.05) is 6.58 Å². The number of thioether (sulfide) groups is 1. The van der Waals surface area contributed by atoms with Crippen molar-refractivity contribution < 1.29 is 17.9 Å². The number of nitrogens with one attached hydrogen (secondary N) is 2. The molecule has 1 fully saturated rings. The normalized spacial score (nSPS) is 27.5. The van der Waals surface area contributed by atoms with E-state index in [9.17, 15) is 13.2 Å². The van der Waals surface area contributed by atoms with Crippen LogP contribution in [-0.2, 0) is 14.8 Å². The Hall–Kier alpha value is -1.10. The first-order chi connectivity index (χ1) is 14.3. The summed E-state index contributed by atoms with van der Waals surface area (Å²) in [5, 5.41) is 3.98. The second-order valence-electron chi connectivity index (χ2n) is 9.75. The largest absolute Gasteiger partial charge is 0.447 e. The van der Waals surface area contributed by atoms with Crippen LogP contribution in [-0.4, -0.2) is 55.1 Å². The van der Waals surface area contributed by atoms with E-state index < -0.39 is 15.6 Å². The van der Waals surface area contributed by atoms with Crippen LogP contribution in [0, 0.1) is 5.92 Å². The van der Waals surface area contributed by atoms with Gasteiger partial charge in [-0.05, 0) is 60.3 Å². The third-order valence-corrected chi connectivity index (χ3v) is 8.30. The Bertz CT molecular complexity index is 782. The molecule has 1 amide bonds.